The molecule has 1 saturated heterocycles. The zero-order valence-electron chi connectivity index (χ0n) is 12.2. The predicted molar refractivity (Wildman–Crippen MR) is 84.6 cm³/mol. The molecule has 0 unspecified atom stereocenters. The molecule has 0 bridgehead atoms. The number of hydrogen-bond donors (Lipinski definition) is 0. The number of aromatic nitrogens is 1. The standard InChI is InChI=1S/C16H18N2O2S/c1-17-8-4-7-14(17)16-18(9-10-21-16)15(19)12-5-3-6-13(11-12)20-2/h3-8,11,16H,9-10H2,1-2H3/t16-/m1/s1. The van der Waals surface area contributed by atoms with Crippen molar-refractivity contribution in [1.82, 2.24) is 9.47 Å². The quantitative estimate of drug-likeness (QED) is 0.874. The molecule has 1 aliphatic rings. The Labute approximate surface area is 128 Å². The summed E-state index contributed by atoms with van der Waals surface area (Å²) >= 11 is 1.81. The van der Waals surface area contributed by atoms with E-state index in [4.69, 9.17) is 4.74 Å². The normalized spacial score (nSPS) is 18.0. The van der Waals surface area contributed by atoms with E-state index < -0.39 is 0 Å². The second-order valence-electron chi connectivity index (χ2n) is 5.00. The van der Waals surface area contributed by atoms with Crippen molar-refractivity contribution in [3.8, 4) is 5.75 Å². The van der Waals surface area contributed by atoms with Gasteiger partial charge in [0.2, 0.25) is 0 Å². The summed E-state index contributed by atoms with van der Waals surface area (Å²) in [6, 6.07) is 11.4. The topological polar surface area (TPSA) is 34.5 Å². The minimum absolute atomic E-state index is 0.0603. The minimum atomic E-state index is 0.0603. The van der Waals surface area contributed by atoms with Crippen LogP contribution < -0.4 is 4.74 Å². The summed E-state index contributed by atoms with van der Waals surface area (Å²) in [6.45, 7) is 0.774. The largest absolute Gasteiger partial charge is 0.497 e. The molecular formula is C16H18N2O2S. The summed E-state index contributed by atoms with van der Waals surface area (Å²) < 4.78 is 7.28. The first-order valence-corrected chi connectivity index (χ1v) is 7.93. The molecule has 2 aromatic rings. The third-order valence-corrected chi connectivity index (χ3v) is 4.94. The molecule has 0 N–H and O–H groups in total. The lowest BCUT2D eigenvalue weighted by atomic mass is 10.2. The number of thioether (sulfide) groups is 1. The van der Waals surface area contributed by atoms with Crippen LogP contribution in [0.25, 0.3) is 0 Å². The molecular weight excluding hydrogens is 284 g/mol. The first-order valence-electron chi connectivity index (χ1n) is 6.88. The van der Waals surface area contributed by atoms with E-state index in [1.807, 2.05) is 54.2 Å². The third-order valence-electron chi connectivity index (χ3n) is 3.71. The fourth-order valence-electron chi connectivity index (χ4n) is 2.58. The third kappa shape index (κ3) is 2.65. The van der Waals surface area contributed by atoms with Gasteiger partial charge in [0.15, 0.2) is 0 Å². The maximum absolute atomic E-state index is 12.8. The number of amides is 1. The van der Waals surface area contributed by atoms with E-state index >= 15 is 0 Å². The second-order valence-corrected chi connectivity index (χ2v) is 6.19. The second kappa shape index (κ2) is 5.85. The zero-order chi connectivity index (χ0) is 14.8. The molecule has 1 fully saturated rings. The predicted octanol–water partition coefficient (Wildman–Crippen LogP) is 2.92. The maximum Gasteiger partial charge on any atom is 0.255 e. The summed E-state index contributed by atoms with van der Waals surface area (Å²) in [6.07, 6.45) is 2.02. The number of nitrogens with zero attached hydrogens (tertiary/aromatic N) is 2. The maximum atomic E-state index is 12.8. The highest BCUT2D eigenvalue weighted by atomic mass is 32.2. The fraction of sp³-hybridized carbons (Fsp3) is 0.312. The van der Waals surface area contributed by atoms with Gasteiger partial charge in [0.25, 0.3) is 5.91 Å². The van der Waals surface area contributed by atoms with Crippen LogP contribution in [0.2, 0.25) is 0 Å². The molecule has 1 aromatic carbocycles. The van der Waals surface area contributed by atoms with Crippen LogP contribution in [-0.2, 0) is 7.05 Å². The van der Waals surface area contributed by atoms with Crippen LogP contribution in [0.15, 0.2) is 42.6 Å². The SMILES string of the molecule is COc1cccc(C(=O)N2CCS[C@@H]2c2cccn2C)c1. The Bertz CT molecular complexity index is 653. The molecule has 21 heavy (non-hydrogen) atoms. The fourth-order valence-corrected chi connectivity index (χ4v) is 3.90. The van der Waals surface area contributed by atoms with E-state index in [-0.39, 0.29) is 11.3 Å². The van der Waals surface area contributed by atoms with Gasteiger partial charge in [-0.2, -0.15) is 0 Å². The summed E-state index contributed by atoms with van der Waals surface area (Å²) in [5.41, 5.74) is 1.84. The van der Waals surface area contributed by atoms with Crippen molar-refractivity contribution in [3.05, 3.63) is 53.9 Å². The number of ether oxygens (including phenoxy) is 1. The number of aryl methyl sites for hydroxylation is 1. The van der Waals surface area contributed by atoms with Gasteiger partial charge >= 0.3 is 0 Å². The summed E-state index contributed by atoms with van der Waals surface area (Å²) in [5, 5.41) is 0.0868. The average molecular weight is 302 g/mol. The summed E-state index contributed by atoms with van der Waals surface area (Å²) in [5.74, 6) is 1.74. The summed E-state index contributed by atoms with van der Waals surface area (Å²) in [4.78, 5) is 14.7. The van der Waals surface area contributed by atoms with Crippen LogP contribution in [0.4, 0.5) is 0 Å². The lowest BCUT2D eigenvalue weighted by molar-refractivity contribution is 0.0757. The smallest absolute Gasteiger partial charge is 0.255 e. The molecule has 1 aromatic heterocycles. The number of carbonyl (C=O) groups is 1. The van der Waals surface area contributed by atoms with Gasteiger partial charge in [-0.3, -0.25) is 4.79 Å². The van der Waals surface area contributed by atoms with Crippen molar-refractivity contribution in [1.29, 1.82) is 0 Å². The zero-order valence-corrected chi connectivity index (χ0v) is 13.0. The van der Waals surface area contributed by atoms with Gasteiger partial charge in [0.05, 0.1) is 12.8 Å². The van der Waals surface area contributed by atoms with E-state index in [0.717, 1.165) is 18.0 Å². The Balaban J connectivity index is 1.88. The Morgan fingerprint density at radius 3 is 2.90 bits per heavy atom. The van der Waals surface area contributed by atoms with Gasteiger partial charge in [0, 0.05) is 31.1 Å². The van der Waals surface area contributed by atoms with Gasteiger partial charge in [-0.1, -0.05) is 6.07 Å². The number of hydrogen-bond acceptors (Lipinski definition) is 3. The molecule has 5 heteroatoms. The van der Waals surface area contributed by atoms with Crippen molar-refractivity contribution < 1.29 is 9.53 Å². The highest BCUT2D eigenvalue weighted by Gasteiger charge is 2.32. The van der Waals surface area contributed by atoms with Gasteiger partial charge in [-0.05, 0) is 30.3 Å². The molecule has 1 atom stereocenters. The Kier molecular flexibility index (Phi) is 3.92. The highest BCUT2D eigenvalue weighted by molar-refractivity contribution is 7.99. The molecule has 110 valence electrons. The van der Waals surface area contributed by atoms with Gasteiger partial charge < -0.3 is 14.2 Å². The van der Waals surface area contributed by atoms with Crippen molar-refractivity contribution in [3.63, 3.8) is 0 Å². The van der Waals surface area contributed by atoms with Crippen LogP contribution >= 0.6 is 11.8 Å². The molecule has 0 saturated carbocycles. The molecule has 1 aliphatic heterocycles. The number of methoxy groups -OCH3 is 1. The lowest BCUT2D eigenvalue weighted by Gasteiger charge is -2.24. The lowest BCUT2D eigenvalue weighted by Crippen LogP contribution is -2.31. The molecule has 4 nitrogen and oxygen atoms in total. The van der Waals surface area contributed by atoms with Crippen LogP contribution in [0.3, 0.4) is 0 Å². The van der Waals surface area contributed by atoms with Crippen LogP contribution in [0.5, 0.6) is 5.75 Å². The number of rotatable bonds is 3. The molecule has 1 amide bonds. The van der Waals surface area contributed by atoms with Crippen molar-refractivity contribution in [2.45, 2.75) is 5.37 Å². The van der Waals surface area contributed by atoms with Crippen molar-refractivity contribution in [2.75, 3.05) is 19.4 Å². The Morgan fingerprint density at radius 1 is 1.33 bits per heavy atom. The Morgan fingerprint density at radius 2 is 2.19 bits per heavy atom. The number of carbonyl (C=O) groups excluding carboxylic acids is 1. The van der Waals surface area contributed by atoms with Gasteiger partial charge in [0.1, 0.15) is 11.1 Å². The van der Waals surface area contributed by atoms with Crippen molar-refractivity contribution in [2.24, 2.45) is 7.05 Å². The van der Waals surface area contributed by atoms with Gasteiger partial charge in [-0.25, -0.2) is 0 Å². The monoisotopic (exact) mass is 302 g/mol. The average Bonchev–Trinajstić information content (AvgIpc) is 3.14. The first kappa shape index (κ1) is 14.1. The number of benzene rings is 1. The first-order chi connectivity index (χ1) is 10.2. The van der Waals surface area contributed by atoms with E-state index in [1.54, 1.807) is 13.2 Å². The highest BCUT2D eigenvalue weighted by Crippen LogP contribution is 2.38. The van der Waals surface area contributed by atoms with E-state index in [0.29, 0.717) is 11.3 Å². The molecule has 0 radical (unpaired) electrons. The van der Waals surface area contributed by atoms with E-state index in [2.05, 4.69) is 10.6 Å². The van der Waals surface area contributed by atoms with E-state index in [9.17, 15) is 4.79 Å². The van der Waals surface area contributed by atoms with Crippen LogP contribution in [0.1, 0.15) is 21.4 Å². The molecule has 2 heterocycles. The molecule has 0 aliphatic carbocycles. The minimum Gasteiger partial charge on any atom is -0.497 e. The summed E-state index contributed by atoms with van der Waals surface area (Å²) in [7, 11) is 3.63. The van der Waals surface area contributed by atoms with Crippen LogP contribution in [-0.4, -0.2) is 34.8 Å². The van der Waals surface area contributed by atoms with Gasteiger partial charge in [-0.15, -0.1) is 11.8 Å². The van der Waals surface area contributed by atoms with Crippen LogP contribution in [0, 0.1) is 0 Å². The molecule has 0 spiro atoms. The Hall–Kier alpha value is -1.88. The molecule has 3 rings (SSSR count). The van der Waals surface area contributed by atoms with Crippen molar-refractivity contribution >= 4 is 17.7 Å². The van der Waals surface area contributed by atoms with E-state index in [1.165, 1.54) is 0 Å².